The molecule has 0 radical (unpaired) electrons. The first-order chi connectivity index (χ1) is 15.4. The Morgan fingerprint density at radius 1 is 1.00 bits per heavy atom. The van der Waals surface area contributed by atoms with E-state index in [1.165, 1.54) is 4.31 Å². The van der Waals surface area contributed by atoms with Gasteiger partial charge in [-0.15, -0.1) is 11.8 Å². The van der Waals surface area contributed by atoms with Gasteiger partial charge in [0.15, 0.2) is 0 Å². The standard InChI is InChI=1S/C24H26N2O4S2/c1-4-26(32(28,29)23-15-13-22(31-3)14-16-23)20-11-9-18(10-12-20)24(27)25-19-7-6-8-21(17-19)30-5-2/h6-17H,4-5H2,1-3H3,(H,25,27). The maximum Gasteiger partial charge on any atom is 0.264 e. The highest BCUT2D eigenvalue weighted by Crippen LogP contribution is 2.26. The van der Waals surface area contributed by atoms with E-state index < -0.39 is 10.0 Å². The van der Waals surface area contributed by atoms with Gasteiger partial charge in [-0.05, 0) is 80.8 Å². The van der Waals surface area contributed by atoms with Gasteiger partial charge in [0, 0.05) is 28.8 Å². The number of nitrogens with zero attached hydrogens (tertiary/aromatic N) is 1. The van der Waals surface area contributed by atoms with Gasteiger partial charge in [-0.25, -0.2) is 8.42 Å². The van der Waals surface area contributed by atoms with Crippen molar-refractivity contribution in [2.24, 2.45) is 0 Å². The summed E-state index contributed by atoms with van der Waals surface area (Å²) in [6.45, 7) is 4.48. The van der Waals surface area contributed by atoms with Gasteiger partial charge < -0.3 is 10.1 Å². The topological polar surface area (TPSA) is 75.7 Å². The Bertz CT molecular complexity index is 1160. The van der Waals surface area contributed by atoms with E-state index in [0.717, 1.165) is 4.90 Å². The number of benzene rings is 3. The van der Waals surface area contributed by atoms with Gasteiger partial charge in [0.2, 0.25) is 0 Å². The van der Waals surface area contributed by atoms with Crippen molar-refractivity contribution in [3.05, 3.63) is 78.4 Å². The van der Waals surface area contributed by atoms with Crippen LogP contribution in [0.3, 0.4) is 0 Å². The first-order valence-electron chi connectivity index (χ1n) is 10.2. The minimum absolute atomic E-state index is 0.230. The van der Waals surface area contributed by atoms with Gasteiger partial charge in [-0.2, -0.15) is 0 Å². The lowest BCUT2D eigenvalue weighted by molar-refractivity contribution is 0.102. The molecule has 0 aromatic heterocycles. The van der Waals surface area contributed by atoms with Crippen LogP contribution in [-0.2, 0) is 10.0 Å². The van der Waals surface area contributed by atoms with E-state index in [-0.39, 0.29) is 17.3 Å². The fourth-order valence-electron chi connectivity index (χ4n) is 3.18. The maximum absolute atomic E-state index is 13.1. The molecule has 3 rings (SSSR count). The van der Waals surface area contributed by atoms with Gasteiger partial charge in [0.1, 0.15) is 5.75 Å². The van der Waals surface area contributed by atoms with Crippen LogP contribution in [0.15, 0.2) is 82.6 Å². The molecule has 0 aliphatic rings. The van der Waals surface area contributed by atoms with E-state index in [2.05, 4.69) is 5.32 Å². The maximum atomic E-state index is 13.1. The largest absolute Gasteiger partial charge is 0.494 e. The number of carbonyl (C=O) groups is 1. The molecule has 0 aliphatic carbocycles. The fourth-order valence-corrected chi connectivity index (χ4v) is 5.06. The molecule has 0 atom stereocenters. The molecule has 0 saturated heterocycles. The zero-order valence-electron chi connectivity index (χ0n) is 18.2. The van der Waals surface area contributed by atoms with Crippen molar-refractivity contribution >= 4 is 39.1 Å². The second-order valence-electron chi connectivity index (χ2n) is 6.81. The second-order valence-corrected chi connectivity index (χ2v) is 9.55. The lowest BCUT2D eigenvalue weighted by atomic mass is 10.2. The molecule has 1 amide bonds. The van der Waals surface area contributed by atoms with Crippen molar-refractivity contribution in [2.45, 2.75) is 23.6 Å². The van der Waals surface area contributed by atoms with Gasteiger partial charge >= 0.3 is 0 Å². The van der Waals surface area contributed by atoms with Crippen LogP contribution in [0.1, 0.15) is 24.2 Å². The van der Waals surface area contributed by atoms with Crippen LogP contribution in [0.25, 0.3) is 0 Å². The molecule has 0 bridgehead atoms. The Kier molecular flexibility index (Phi) is 7.82. The van der Waals surface area contributed by atoms with Crippen LogP contribution in [-0.4, -0.2) is 33.7 Å². The number of anilines is 2. The van der Waals surface area contributed by atoms with Crippen LogP contribution in [0.5, 0.6) is 5.75 Å². The molecule has 0 saturated carbocycles. The second kappa shape index (κ2) is 10.6. The quantitative estimate of drug-likeness (QED) is 0.431. The molecule has 32 heavy (non-hydrogen) atoms. The molecule has 0 fully saturated rings. The molecular weight excluding hydrogens is 444 g/mol. The number of sulfonamides is 1. The number of ether oxygens (including phenoxy) is 1. The lowest BCUT2D eigenvalue weighted by Gasteiger charge is -2.23. The predicted octanol–water partition coefficient (Wildman–Crippen LogP) is 5.27. The summed E-state index contributed by atoms with van der Waals surface area (Å²) in [5, 5.41) is 2.83. The van der Waals surface area contributed by atoms with Crippen molar-refractivity contribution in [2.75, 3.05) is 29.0 Å². The number of nitrogens with one attached hydrogen (secondary N) is 1. The highest BCUT2D eigenvalue weighted by molar-refractivity contribution is 7.98. The average Bonchev–Trinajstić information content (AvgIpc) is 2.80. The van der Waals surface area contributed by atoms with Gasteiger partial charge in [-0.1, -0.05) is 6.07 Å². The lowest BCUT2D eigenvalue weighted by Crippen LogP contribution is -2.30. The molecular formula is C24H26N2O4S2. The van der Waals surface area contributed by atoms with E-state index in [1.54, 1.807) is 85.4 Å². The summed E-state index contributed by atoms with van der Waals surface area (Å²) < 4.78 is 33.1. The molecule has 3 aromatic rings. The molecule has 0 spiro atoms. The van der Waals surface area contributed by atoms with Crippen molar-refractivity contribution in [3.63, 3.8) is 0 Å². The van der Waals surface area contributed by atoms with Crippen molar-refractivity contribution in [1.82, 2.24) is 0 Å². The summed E-state index contributed by atoms with van der Waals surface area (Å²) in [5.41, 5.74) is 1.54. The van der Waals surface area contributed by atoms with Gasteiger partial charge in [0.05, 0.1) is 17.2 Å². The van der Waals surface area contributed by atoms with Crippen LogP contribution >= 0.6 is 11.8 Å². The predicted molar refractivity (Wildman–Crippen MR) is 130 cm³/mol. The molecule has 8 heteroatoms. The Morgan fingerprint density at radius 2 is 1.69 bits per heavy atom. The molecule has 6 nitrogen and oxygen atoms in total. The third kappa shape index (κ3) is 5.44. The highest BCUT2D eigenvalue weighted by atomic mass is 32.2. The minimum atomic E-state index is -3.71. The number of rotatable bonds is 9. The number of thioether (sulfide) groups is 1. The van der Waals surface area contributed by atoms with Crippen LogP contribution in [0, 0.1) is 0 Å². The van der Waals surface area contributed by atoms with E-state index in [9.17, 15) is 13.2 Å². The molecule has 1 N–H and O–H groups in total. The summed E-state index contributed by atoms with van der Waals surface area (Å²) in [5.74, 6) is 0.388. The van der Waals surface area contributed by atoms with E-state index in [0.29, 0.717) is 29.3 Å². The smallest absolute Gasteiger partial charge is 0.264 e. The first-order valence-corrected chi connectivity index (χ1v) is 12.9. The fraction of sp³-hybridized carbons (Fsp3) is 0.208. The number of hydrogen-bond acceptors (Lipinski definition) is 5. The van der Waals surface area contributed by atoms with E-state index in [4.69, 9.17) is 4.74 Å². The number of hydrogen-bond donors (Lipinski definition) is 1. The molecule has 0 unspecified atom stereocenters. The van der Waals surface area contributed by atoms with Crippen molar-refractivity contribution < 1.29 is 17.9 Å². The highest BCUT2D eigenvalue weighted by Gasteiger charge is 2.23. The molecule has 168 valence electrons. The number of amides is 1. The third-order valence-electron chi connectivity index (χ3n) is 4.76. The normalized spacial score (nSPS) is 11.1. The molecule has 3 aromatic carbocycles. The van der Waals surface area contributed by atoms with Crippen LogP contribution < -0.4 is 14.4 Å². The summed E-state index contributed by atoms with van der Waals surface area (Å²) >= 11 is 1.55. The Morgan fingerprint density at radius 3 is 2.28 bits per heavy atom. The van der Waals surface area contributed by atoms with Crippen LogP contribution in [0.4, 0.5) is 11.4 Å². The molecule has 0 heterocycles. The monoisotopic (exact) mass is 470 g/mol. The summed E-state index contributed by atoms with van der Waals surface area (Å²) in [6.07, 6.45) is 1.94. The third-order valence-corrected chi connectivity index (χ3v) is 7.42. The summed E-state index contributed by atoms with van der Waals surface area (Å²) in [6, 6.07) is 20.5. The Labute approximate surface area is 193 Å². The minimum Gasteiger partial charge on any atom is -0.494 e. The van der Waals surface area contributed by atoms with E-state index >= 15 is 0 Å². The Hall–Kier alpha value is -2.97. The first kappa shape index (κ1) is 23.7. The summed E-state index contributed by atoms with van der Waals surface area (Å²) in [4.78, 5) is 13.9. The SMILES string of the molecule is CCOc1cccc(NC(=O)c2ccc(N(CC)S(=O)(=O)c3ccc(SC)cc3)cc2)c1. The van der Waals surface area contributed by atoms with E-state index in [1.807, 2.05) is 19.2 Å². The van der Waals surface area contributed by atoms with Gasteiger partial charge in [0.25, 0.3) is 15.9 Å². The van der Waals surface area contributed by atoms with Crippen molar-refractivity contribution in [3.8, 4) is 5.75 Å². The molecule has 0 aliphatic heterocycles. The number of carbonyl (C=O) groups excluding carboxylic acids is 1. The summed E-state index contributed by atoms with van der Waals surface area (Å²) in [7, 11) is -3.71. The van der Waals surface area contributed by atoms with Crippen LogP contribution in [0.2, 0.25) is 0 Å². The average molecular weight is 471 g/mol. The Balaban J connectivity index is 1.78. The zero-order chi connectivity index (χ0) is 23.1. The zero-order valence-corrected chi connectivity index (χ0v) is 19.9. The van der Waals surface area contributed by atoms with Gasteiger partial charge in [-0.3, -0.25) is 9.10 Å². The van der Waals surface area contributed by atoms with Crippen molar-refractivity contribution in [1.29, 1.82) is 0 Å².